The summed E-state index contributed by atoms with van der Waals surface area (Å²) in [6, 6.07) is -1.39. The molecule has 6 nitrogen and oxygen atoms in total. The normalized spacial score (nSPS) is 13.1. The second-order valence-corrected chi connectivity index (χ2v) is 6.48. The van der Waals surface area contributed by atoms with Gasteiger partial charge in [-0.1, -0.05) is 13.8 Å². The lowest BCUT2D eigenvalue weighted by Crippen LogP contribution is -2.51. The number of rotatable bonds is 6. The van der Waals surface area contributed by atoms with Crippen molar-refractivity contribution >= 4 is 23.3 Å². The molecule has 0 bridgehead atoms. The molecule has 1 heterocycles. The molecule has 0 saturated heterocycles. The Kier molecular flexibility index (Phi) is 5.50. The number of carboxylic acids is 1. The first kappa shape index (κ1) is 16.4. The highest BCUT2D eigenvalue weighted by atomic mass is 32.1. The number of hydrogen-bond donors (Lipinski definition) is 3. The number of nitrogens with zero attached hydrogens (tertiary/aromatic N) is 1. The summed E-state index contributed by atoms with van der Waals surface area (Å²) in [6.07, 6.45) is 2.06. The second-order valence-electron chi connectivity index (χ2n) is 5.58. The molecule has 1 rings (SSSR count). The Morgan fingerprint density at radius 2 is 2.10 bits per heavy atom. The summed E-state index contributed by atoms with van der Waals surface area (Å²) in [5.41, 5.74) is -0.640. The van der Waals surface area contributed by atoms with E-state index in [2.05, 4.69) is 15.6 Å². The lowest BCUT2D eigenvalue weighted by atomic mass is 10.0. The molecule has 0 spiro atoms. The van der Waals surface area contributed by atoms with E-state index >= 15 is 0 Å². The summed E-state index contributed by atoms with van der Waals surface area (Å²) in [5, 5.41) is 16.9. The molecule has 0 radical (unpaired) electrons. The smallest absolute Gasteiger partial charge is 0.326 e. The van der Waals surface area contributed by atoms with Crippen molar-refractivity contribution < 1.29 is 14.7 Å². The van der Waals surface area contributed by atoms with Crippen molar-refractivity contribution in [2.75, 3.05) is 0 Å². The predicted molar refractivity (Wildman–Crippen MR) is 77.7 cm³/mol. The van der Waals surface area contributed by atoms with E-state index in [1.165, 1.54) is 11.3 Å². The van der Waals surface area contributed by atoms with Crippen molar-refractivity contribution in [3.8, 4) is 0 Å². The first-order valence-electron chi connectivity index (χ1n) is 6.44. The Morgan fingerprint density at radius 1 is 1.45 bits per heavy atom. The molecule has 112 valence electrons. The van der Waals surface area contributed by atoms with Crippen LogP contribution in [0.15, 0.2) is 11.6 Å². The van der Waals surface area contributed by atoms with E-state index in [9.17, 15) is 9.59 Å². The van der Waals surface area contributed by atoms with Gasteiger partial charge in [0, 0.05) is 11.6 Å². The van der Waals surface area contributed by atoms with Crippen molar-refractivity contribution in [2.24, 2.45) is 5.92 Å². The number of carboxylic acid groups (broad SMARTS) is 1. The molecule has 7 heteroatoms. The van der Waals surface area contributed by atoms with E-state index in [1.54, 1.807) is 6.20 Å². The maximum absolute atomic E-state index is 11.9. The van der Waals surface area contributed by atoms with Crippen LogP contribution in [0.2, 0.25) is 0 Å². The highest BCUT2D eigenvalue weighted by Crippen LogP contribution is 2.21. The number of hydrogen-bond acceptors (Lipinski definition) is 4. The van der Waals surface area contributed by atoms with E-state index in [1.807, 2.05) is 33.1 Å². The van der Waals surface area contributed by atoms with Crippen molar-refractivity contribution in [3.05, 3.63) is 16.6 Å². The molecule has 2 amide bonds. The van der Waals surface area contributed by atoms with Gasteiger partial charge in [-0.15, -0.1) is 11.3 Å². The summed E-state index contributed by atoms with van der Waals surface area (Å²) in [4.78, 5) is 27.2. The molecule has 20 heavy (non-hydrogen) atoms. The third kappa shape index (κ3) is 4.80. The maximum atomic E-state index is 11.9. The van der Waals surface area contributed by atoms with Gasteiger partial charge in [-0.3, -0.25) is 0 Å². The summed E-state index contributed by atoms with van der Waals surface area (Å²) in [6.45, 7) is 7.47. The summed E-state index contributed by atoms with van der Waals surface area (Å²) >= 11 is 1.44. The molecule has 1 aromatic heterocycles. The largest absolute Gasteiger partial charge is 0.480 e. The van der Waals surface area contributed by atoms with Crippen LogP contribution in [-0.4, -0.2) is 28.1 Å². The third-order valence-corrected chi connectivity index (χ3v) is 3.80. The van der Waals surface area contributed by atoms with Crippen molar-refractivity contribution in [1.29, 1.82) is 0 Å². The molecule has 0 fully saturated rings. The van der Waals surface area contributed by atoms with E-state index in [0.29, 0.717) is 6.42 Å². The molecule has 0 aromatic carbocycles. The van der Waals surface area contributed by atoms with Gasteiger partial charge in [0.05, 0.1) is 5.54 Å². The van der Waals surface area contributed by atoms with Gasteiger partial charge in [0.15, 0.2) is 0 Å². The molecule has 1 aromatic rings. The van der Waals surface area contributed by atoms with E-state index < -0.39 is 23.6 Å². The molecule has 0 aliphatic carbocycles. The van der Waals surface area contributed by atoms with Gasteiger partial charge in [0.25, 0.3) is 0 Å². The van der Waals surface area contributed by atoms with Crippen LogP contribution in [0.3, 0.4) is 0 Å². The number of thiazole rings is 1. The average Bonchev–Trinajstić information content (AvgIpc) is 2.80. The Morgan fingerprint density at radius 3 is 2.55 bits per heavy atom. The van der Waals surface area contributed by atoms with Crippen LogP contribution in [0, 0.1) is 5.92 Å². The summed E-state index contributed by atoms with van der Waals surface area (Å²) in [7, 11) is 0. The van der Waals surface area contributed by atoms with Gasteiger partial charge < -0.3 is 15.7 Å². The Balaban J connectivity index is 2.64. The number of carbonyl (C=O) groups is 2. The predicted octanol–water partition coefficient (Wildman–Crippen LogP) is 2.18. The van der Waals surface area contributed by atoms with Crippen LogP contribution in [-0.2, 0) is 10.3 Å². The summed E-state index contributed by atoms with van der Waals surface area (Å²) < 4.78 is 0. The number of aliphatic carboxylic acids is 1. The zero-order valence-electron chi connectivity index (χ0n) is 12.1. The highest BCUT2D eigenvalue weighted by Gasteiger charge is 2.28. The Labute approximate surface area is 122 Å². The Hall–Kier alpha value is -1.63. The molecular weight excluding hydrogens is 278 g/mol. The topological polar surface area (TPSA) is 91.3 Å². The minimum absolute atomic E-state index is 0.184. The molecule has 0 aliphatic heterocycles. The summed E-state index contributed by atoms with van der Waals surface area (Å²) in [5.74, 6) is -0.843. The maximum Gasteiger partial charge on any atom is 0.326 e. The second kappa shape index (κ2) is 6.69. The van der Waals surface area contributed by atoms with Gasteiger partial charge in [-0.25, -0.2) is 14.6 Å². The van der Waals surface area contributed by atoms with Crippen LogP contribution in [0.25, 0.3) is 0 Å². The van der Waals surface area contributed by atoms with Crippen LogP contribution in [0.1, 0.15) is 39.1 Å². The van der Waals surface area contributed by atoms with Gasteiger partial charge in [0.1, 0.15) is 11.0 Å². The molecule has 3 N–H and O–H groups in total. The van der Waals surface area contributed by atoms with Crippen LogP contribution in [0.4, 0.5) is 4.79 Å². The Bertz CT molecular complexity index is 457. The molecule has 0 unspecified atom stereocenters. The van der Waals surface area contributed by atoms with E-state index in [0.717, 1.165) is 5.01 Å². The first-order valence-corrected chi connectivity index (χ1v) is 7.32. The fraction of sp³-hybridized carbons (Fsp3) is 0.615. The molecular formula is C13H21N3O3S. The highest BCUT2D eigenvalue weighted by molar-refractivity contribution is 7.09. The fourth-order valence-corrected chi connectivity index (χ4v) is 2.47. The molecule has 0 aliphatic rings. The fourth-order valence-electron chi connectivity index (χ4n) is 1.76. The zero-order chi connectivity index (χ0) is 15.3. The monoisotopic (exact) mass is 299 g/mol. The number of amides is 2. The van der Waals surface area contributed by atoms with Crippen molar-refractivity contribution in [3.63, 3.8) is 0 Å². The SMILES string of the molecule is CC(C)C[C@@H](NC(=O)NC(C)(C)c1nccs1)C(=O)O. The van der Waals surface area contributed by atoms with Crippen LogP contribution in [0.5, 0.6) is 0 Å². The number of aromatic nitrogens is 1. The molecule has 1 atom stereocenters. The van der Waals surface area contributed by atoms with Crippen LogP contribution >= 0.6 is 11.3 Å². The standard InChI is InChI=1S/C13H21N3O3S/c1-8(2)7-9(10(17)18)15-12(19)16-13(3,4)11-14-5-6-20-11/h5-6,8-9H,7H2,1-4H3,(H,17,18)(H2,15,16,19)/t9-/m1/s1. The molecule has 0 saturated carbocycles. The van der Waals surface area contributed by atoms with Gasteiger partial charge in [-0.05, 0) is 26.2 Å². The minimum Gasteiger partial charge on any atom is -0.480 e. The third-order valence-electron chi connectivity index (χ3n) is 2.70. The van der Waals surface area contributed by atoms with E-state index in [4.69, 9.17) is 5.11 Å². The lowest BCUT2D eigenvalue weighted by molar-refractivity contribution is -0.139. The number of nitrogens with one attached hydrogen (secondary N) is 2. The number of urea groups is 1. The van der Waals surface area contributed by atoms with Crippen molar-refractivity contribution in [1.82, 2.24) is 15.6 Å². The van der Waals surface area contributed by atoms with Crippen LogP contribution < -0.4 is 10.6 Å². The van der Waals surface area contributed by atoms with Gasteiger partial charge in [0.2, 0.25) is 0 Å². The quantitative estimate of drug-likeness (QED) is 0.750. The van der Waals surface area contributed by atoms with Crippen molar-refractivity contribution in [2.45, 2.75) is 45.7 Å². The lowest BCUT2D eigenvalue weighted by Gasteiger charge is -2.25. The van der Waals surface area contributed by atoms with Gasteiger partial charge >= 0.3 is 12.0 Å². The van der Waals surface area contributed by atoms with E-state index in [-0.39, 0.29) is 5.92 Å². The minimum atomic E-state index is -1.03. The first-order chi connectivity index (χ1) is 9.22. The zero-order valence-corrected chi connectivity index (χ0v) is 13.0. The van der Waals surface area contributed by atoms with Gasteiger partial charge in [-0.2, -0.15) is 0 Å². The number of carbonyl (C=O) groups excluding carboxylic acids is 1. The average molecular weight is 299 g/mol.